The number of nitrogens with two attached hydrogens (primary N) is 2. The van der Waals surface area contributed by atoms with Gasteiger partial charge in [0.2, 0.25) is 0 Å². The minimum atomic E-state index is -0.532. The van der Waals surface area contributed by atoms with Crippen molar-refractivity contribution in [1.29, 1.82) is 0 Å². The second kappa shape index (κ2) is 4.65. The smallest absolute Gasteiger partial charge is 0.268 e. The summed E-state index contributed by atoms with van der Waals surface area (Å²) in [6.07, 6.45) is 0. The van der Waals surface area contributed by atoms with Crippen molar-refractivity contribution in [1.82, 2.24) is 0 Å². The molecule has 0 aliphatic carbocycles. The number of nitrogens with zero attached hydrogens (tertiary/aromatic N) is 1. The Morgan fingerprint density at radius 3 is 2.29 bits per heavy atom. The first-order valence-corrected chi connectivity index (χ1v) is 6.69. The van der Waals surface area contributed by atoms with Crippen molar-refractivity contribution in [2.75, 3.05) is 16.4 Å². The SMILES string of the molecule is Nc1cc(Cl)c(N2C(=O)c3cccc(N)c3C2=O)cc1Cl. The third kappa shape index (κ3) is 1.93. The average Bonchev–Trinajstić information content (AvgIpc) is 2.68. The molecular formula is C14H9Cl2N3O2. The third-order valence-electron chi connectivity index (χ3n) is 3.25. The summed E-state index contributed by atoms with van der Waals surface area (Å²) < 4.78 is 0. The van der Waals surface area contributed by atoms with E-state index in [0.717, 1.165) is 4.90 Å². The van der Waals surface area contributed by atoms with Gasteiger partial charge in [-0.25, -0.2) is 4.90 Å². The fraction of sp³-hybridized carbons (Fsp3) is 0. The van der Waals surface area contributed by atoms with Crippen molar-refractivity contribution in [3.8, 4) is 0 Å². The number of hydrogen-bond donors (Lipinski definition) is 2. The highest BCUT2D eigenvalue weighted by Gasteiger charge is 2.39. The van der Waals surface area contributed by atoms with Gasteiger partial charge in [0.05, 0.1) is 32.5 Å². The van der Waals surface area contributed by atoms with Crippen LogP contribution in [0.3, 0.4) is 0 Å². The summed E-state index contributed by atoms with van der Waals surface area (Å²) in [4.78, 5) is 25.8. The molecule has 0 fully saturated rings. The summed E-state index contributed by atoms with van der Waals surface area (Å²) in [7, 11) is 0. The first-order valence-electron chi connectivity index (χ1n) is 5.93. The van der Waals surface area contributed by atoms with Gasteiger partial charge in [-0.3, -0.25) is 9.59 Å². The zero-order valence-corrected chi connectivity index (χ0v) is 12.1. The van der Waals surface area contributed by atoms with Crippen LogP contribution in [0.5, 0.6) is 0 Å². The molecular weight excluding hydrogens is 313 g/mol. The van der Waals surface area contributed by atoms with Gasteiger partial charge >= 0.3 is 0 Å². The van der Waals surface area contributed by atoms with E-state index in [1.807, 2.05) is 0 Å². The van der Waals surface area contributed by atoms with Crippen LogP contribution in [0.15, 0.2) is 30.3 Å². The predicted molar refractivity (Wildman–Crippen MR) is 82.9 cm³/mol. The Morgan fingerprint density at radius 2 is 1.62 bits per heavy atom. The molecule has 0 radical (unpaired) electrons. The van der Waals surface area contributed by atoms with E-state index in [1.54, 1.807) is 18.2 Å². The summed E-state index contributed by atoms with van der Waals surface area (Å²) in [5.74, 6) is -1.03. The Hall–Kier alpha value is -2.24. The van der Waals surface area contributed by atoms with E-state index in [0.29, 0.717) is 0 Å². The molecule has 0 unspecified atom stereocenters. The lowest BCUT2D eigenvalue weighted by atomic mass is 10.1. The molecule has 3 rings (SSSR count). The minimum absolute atomic E-state index is 0.157. The summed E-state index contributed by atoms with van der Waals surface area (Å²) in [6, 6.07) is 7.49. The van der Waals surface area contributed by atoms with E-state index >= 15 is 0 Å². The monoisotopic (exact) mass is 321 g/mol. The van der Waals surface area contributed by atoms with Crippen molar-refractivity contribution in [2.45, 2.75) is 0 Å². The molecule has 0 saturated carbocycles. The third-order valence-corrected chi connectivity index (χ3v) is 3.88. The van der Waals surface area contributed by atoms with Crippen LogP contribution in [0.25, 0.3) is 0 Å². The Kier molecular flexibility index (Phi) is 3.04. The Labute approximate surface area is 130 Å². The number of benzene rings is 2. The highest BCUT2D eigenvalue weighted by molar-refractivity contribution is 6.42. The maximum Gasteiger partial charge on any atom is 0.268 e. The minimum Gasteiger partial charge on any atom is -0.398 e. The lowest BCUT2D eigenvalue weighted by molar-refractivity contribution is 0.0926. The van der Waals surface area contributed by atoms with Crippen LogP contribution in [0, 0.1) is 0 Å². The number of anilines is 3. The number of imide groups is 1. The molecule has 2 amide bonds. The fourth-order valence-electron chi connectivity index (χ4n) is 2.25. The number of halogens is 2. The normalized spacial score (nSPS) is 13.7. The van der Waals surface area contributed by atoms with Crippen molar-refractivity contribution in [3.63, 3.8) is 0 Å². The zero-order chi connectivity index (χ0) is 15.3. The molecule has 1 aliphatic heterocycles. The molecule has 0 bridgehead atoms. The molecule has 1 heterocycles. The number of fused-ring (bicyclic) bond motifs is 1. The number of carbonyl (C=O) groups excluding carboxylic acids is 2. The number of amides is 2. The van der Waals surface area contributed by atoms with E-state index in [9.17, 15) is 9.59 Å². The van der Waals surface area contributed by atoms with Crippen molar-refractivity contribution in [2.24, 2.45) is 0 Å². The molecule has 5 nitrogen and oxygen atoms in total. The van der Waals surface area contributed by atoms with E-state index in [-0.39, 0.29) is 38.2 Å². The maximum atomic E-state index is 12.5. The van der Waals surface area contributed by atoms with Crippen molar-refractivity contribution >= 4 is 52.1 Å². The fourth-order valence-corrected chi connectivity index (χ4v) is 2.67. The second-order valence-corrected chi connectivity index (χ2v) is 5.36. The standard InChI is InChI=1S/C14H9Cl2N3O2/c15-7-5-11(8(16)4-10(7)18)19-13(20)6-2-1-3-9(17)12(6)14(19)21/h1-5H,17-18H2. The van der Waals surface area contributed by atoms with Gasteiger partial charge in [-0.1, -0.05) is 29.3 Å². The van der Waals surface area contributed by atoms with Crippen LogP contribution in [0.1, 0.15) is 20.7 Å². The van der Waals surface area contributed by atoms with Gasteiger partial charge in [0.1, 0.15) is 0 Å². The van der Waals surface area contributed by atoms with E-state index in [4.69, 9.17) is 34.7 Å². The lowest BCUT2D eigenvalue weighted by Crippen LogP contribution is -2.29. The van der Waals surface area contributed by atoms with Crippen molar-refractivity contribution in [3.05, 3.63) is 51.5 Å². The Morgan fingerprint density at radius 1 is 0.905 bits per heavy atom. The van der Waals surface area contributed by atoms with Gasteiger partial charge in [0.25, 0.3) is 11.8 Å². The first-order chi connectivity index (χ1) is 9.91. The van der Waals surface area contributed by atoms with Crippen LogP contribution >= 0.6 is 23.2 Å². The molecule has 1 aliphatic rings. The average molecular weight is 322 g/mol. The van der Waals surface area contributed by atoms with Crippen LogP contribution in [0.4, 0.5) is 17.1 Å². The van der Waals surface area contributed by atoms with Crippen LogP contribution in [0.2, 0.25) is 10.0 Å². The molecule has 7 heteroatoms. The van der Waals surface area contributed by atoms with E-state index < -0.39 is 11.8 Å². The molecule has 0 atom stereocenters. The Balaban J connectivity index is 2.19. The summed E-state index contributed by atoms with van der Waals surface area (Å²) in [5, 5.41) is 0.365. The molecule has 0 spiro atoms. The largest absolute Gasteiger partial charge is 0.398 e. The number of nitrogen functional groups attached to an aromatic ring is 2. The van der Waals surface area contributed by atoms with Gasteiger partial charge in [-0.15, -0.1) is 0 Å². The first kappa shape index (κ1) is 13.7. The highest BCUT2D eigenvalue weighted by atomic mass is 35.5. The van der Waals surface area contributed by atoms with Gasteiger partial charge in [0.15, 0.2) is 0 Å². The van der Waals surface area contributed by atoms with Gasteiger partial charge < -0.3 is 11.5 Å². The van der Waals surface area contributed by atoms with Crippen molar-refractivity contribution < 1.29 is 9.59 Å². The van der Waals surface area contributed by atoms with Crippen LogP contribution in [-0.2, 0) is 0 Å². The van der Waals surface area contributed by atoms with E-state index in [1.165, 1.54) is 12.1 Å². The number of hydrogen-bond acceptors (Lipinski definition) is 4. The molecule has 2 aromatic carbocycles. The molecule has 4 N–H and O–H groups in total. The lowest BCUT2D eigenvalue weighted by Gasteiger charge is -2.16. The molecule has 0 aromatic heterocycles. The number of rotatable bonds is 1. The summed E-state index contributed by atoms with van der Waals surface area (Å²) in [6.45, 7) is 0. The van der Waals surface area contributed by atoms with Crippen LogP contribution < -0.4 is 16.4 Å². The van der Waals surface area contributed by atoms with Gasteiger partial charge in [-0.2, -0.15) is 0 Å². The molecule has 21 heavy (non-hydrogen) atoms. The quantitative estimate of drug-likeness (QED) is 0.624. The predicted octanol–water partition coefficient (Wildman–Crippen LogP) is 2.96. The maximum absolute atomic E-state index is 12.5. The molecule has 2 aromatic rings. The molecule has 0 saturated heterocycles. The number of carbonyl (C=O) groups is 2. The van der Waals surface area contributed by atoms with Gasteiger partial charge in [0, 0.05) is 5.69 Å². The van der Waals surface area contributed by atoms with Gasteiger partial charge in [-0.05, 0) is 24.3 Å². The summed E-state index contributed by atoms with van der Waals surface area (Å²) in [5.41, 5.74) is 12.5. The second-order valence-electron chi connectivity index (χ2n) is 4.54. The molecule has 106 valence electrons. The zero-order valence-electron chi connectivity index (χ0n) is 10.6. The topological polar surface area (TPSA) is 89.4 Å². The Bertz CT molecular complexity index is 805. The van der Waals surface area contributed by atoms with Crippen LogP contribution in [-0.4, -0.2) is 11.8 Å². The summed E-state index contributed by atoms with van der Waals surface area (Å²) >= 11 is 12.0. The van der Waals surface area contributed by atoms with E-state index in [2.05, 4.69) is 0 Å². The highest BCUT2D eigenvalue weighted by Crippen LogP contribution is 2.38.